The first kappa shape index (κ1) is 14.5. The zero-order valence-electron chi connectivity index (χ0n) is 10.3. The van der Waals surface area contributed by atoms with Crippen molar-refractivity contribution in [2.75, 3.05) is 23.9 Å². The number of rotatable bonds is 5. The van der Waals surface area contributed by atoms with Crippen LogP contribution in [0.15, 0.2) is 6.33 Å². The fourth-order valence-electron chi connectivity index (χ4n) is 1.68. The molecule has 0 saturated carbocycles. The van der Waals surface area contributed by atoms with E-state index < -0.39 is 12.7 Å². The lowest BCUT2D eigenvalue weighted by atomic mass is 10.1. The molecular weight excluding hydrogens is 247 g/mol. The number of aromatic nitrogens is 2. The Labute approximate surface area is 103 Å². The zero-order valence-corrected chi connectivity index (χ0v) is 10.3. The summed E-state index contributed by atoms with van der Waals surface area (Å²) in [7, 11) is 1.34. The molecule has 18 heavy (non-hydrogen) atoms. The van der Waals surface area contributed by atoms with Crippen LogP contribution < -0.4 is 16.2 Å². The van der Waals surface area contributed by atoms with Crippen LogP contribution in [0, 0.1) is 0 Å². The van der Waals surface area contributed by atoms with Crippen molar-refractivity contribution in [2.45, 2.75) is 25.9 Å². The van der Waals surface area contributed by atoms with Crippen molar-refractivity contribution in [2.24, 2.45) is 5.84 Å². The van der Waals surface area contributed by atoms with Crippen molar-refractivity contribution in [3.63, 3.8) is 0 Å². The highest BCUT2D eigenvalue weighted by atomic mass is 19.4. The number of hydrogen-bond acceptors (Lipinski definition) is 5. The second-order valence-electron chi connectivity index (χ2n) is 3.89. The number of hydrogen-bond donors (Lipinski definition) is 2. The SMILES string of the molecule is CCCc1c(NN)ncnc1N(C)CC(F)(F)F. The second kappa shape index (κ2) is 5.85. The van der Waals surface area contributed by atoms with E-state index in [4.69, 9.17) is 5.84 Å². The number of hydrazine groups is 1. The highest BCUT2D eigenvalue weighted by Gasteiger charge is 2.30. The van der Waals surface area contributed by atoms with Crippen LogP contribution in [0.1, 0.15) is 18.9 Å². The number of alkyl halides is 3. The van der Waals surface area contributed by atoms with Gasteiger partial charge in [0.25, 0.3) is 0 Å². The average molecular weight is 263 g/mol. The van der Waals surface area contributed by atoms with Gasteiger partial charge in [0.05, 0.1) is 0 Å². The molecule has 102 valence electrons. The zero-order chi connectivity index (χ0) is 13.8. The topological polar surface area (TPSA) is 67.1 Å². The number of nitrogen functional groups attached to an aromatic ring is 1. The monoisotopic (exact) mass is 263 g/mol. The van der Waals surface area contributed by atoms with Gasteiger partial charge in [0.1, 0.15) is 24.5 Å². The number of halogens is 3. The van der Waals surface area contributed by atoms with E-state index in [0.717, 1.165) is 11.3 Å². The Hall–Kier alpha value is -1.57. The Morgan fingerprint density at radius 3 is 2.56 bits per heavy atom. The van der Waals surface area contributed by atoms with Crippen LogP contribution >= 0.6 is 0 Å². The van der Waals surface area contributed by atoms with Crippen molar-refractivity contribution in [1.29, 1.82) is 0 Å². The van der Waals surface area contributed by atoms with Crippen LogP contribution in [0.3, 0.4) is 0 Å². The highest BCUT2D eigenvalue weighted by Crippen LogP contribution is 2.26. The fourth-order valence-corrected chi connectivity index (χ4v) is 1.68. The van der Waals surface area contributed by atoms with E-state index in [-0.39, 0.29) is 5.82 Å². The summed E-state index contributed by atoms with van der Waals surface area (Å²) in [6.45, 7) is 0.853. The first-order valence-electron chi connectivity index (χ1n) is 5.47. The van der Waals surface area contributed by atoms with Crippen molar-refractivity contribution in [3.05, 3.63) is 11.9 Å². The quantitative estimate of drug-likeness (QED) is 0.625. The van der Waals surface area contributed by atoms with E-state index in [1.54, 1.807) is 0 Å². The molecule has 0 aliphatic rings. The predicted octanol–water partition coefficient (Wildman–Crippen LogP) is 1.71. The minimum atomic E-state index is -4.28. The second-order valence-corrected chi connectivity index (χ2v) is 3.89. The molecule has 0 saturated heterocycles. The smallest absolute Gasteiger partial charge is 0.350 e. The number of nitrogens with one attached hydrogen (secondary N) is 1. The van der Waals surface area contributed by atoms with Gasteiger partial charge in [-0.1, -0.05) is 13.3 Å². The summed E-state index contributed by atoms with van der Waals surface area (Å²) in [4.78, 5) is 8.86. The standard InChI is InChI=1S/C10H16F3N5/c1-3-4-7-8(17-14)15-6-16-9(7)18(2)5-10(11,12)13/h6H,3-5,14H2,1-2H3,(H,15,16,17). The maximum absolute atomic E-state index is 12.4. The molecule has 1 aromatic heterocycles. The van der Waals surface area contributed by atoms with E-state index in [1.807, 2.05) is 6.92 Å². The molecule has 3 N–H and O–H groups in total. The Morgan fingerprint density at radius 2 is 2.06 bits per heavy atom. The van der Waals surface area contributed by atoms with Crippen LogP contribution in [-0.2, 0) is 6.42 Å². The molecule has 0 unspecified atom stereocenters. The van der Waals surface area contributed by atoms with Gasteiger partial charge >= 0.3 is 6.18 Å². The van der Waals surface area contributed by atoms with E-state index in [9.17, 15) is 13.2 Å². The number of anilines is 2. The first-order chi connectivity index (χ1) is 8.39. The minimum absolute atomic E-state index is 0.247. The summed E-state index contributed by atoms with van der Waals surface area (Å²) in [5.74, 6) is 5.90. The number of nitrogens with two attached hydrogens (primary N) is 1. The van der Waals surface area contributed by atoms with E-state index >= 15 is 0 Å². The molecule has 8 heteroatoms. The van der Waals surface area contributed by atoms with Crippen molar-refractivity contribution in [1.82, 2.24) is 9.97 Å². The summed E-state index contributed by atoms with van der Waals surface area (Å²) in [6, 6.07) is 0. The Morgan fingerprint density at radius 1 is 1.39 bits per heavy atom. The average Bonchev–Trinajstić information content (AvgIpc) is 2.27. The minimum Gasteiger partial charge on any atom is -0.350 e. The lowest BCUT2D eigenvalue weighted by Gasteiger charge is -2.23. The Balaban J connectivity index is 3.06. The van der Waals surface area contributed by atoms with Crippen LogP contribution in [0.25, 0.3) is 0 Å². The molecule has 1 aromatic rings. The molecule has 0 aliphatic carbocycles. The van der Waals surface area contributed by atoms with Crippen LogP contribution in [0.5, 0.6) is 0 Å². The fraction of sp³-hybridized carbons (Fsp3) is 0.600. The number of nitrogens with zero attached hydrogens (tertiary/aromatic N) is 3. The largest absolute Gasteiger partial charge is 0.405 e. The molecule has 5 nitrogen and oxygen atoms in total. The van der Waals surface area contributed by atoms with Crippen LogP contribution in [0.2, 0.25) is 0 Å². The molecule has 0 aliphatic heterocycles. The third-order valence-electron chi connectivity index (χ3n) is 2.34. The first-order valence-corrected chi connectivity index (χ1v) is 5.47. The third kappa shape index (κ3) is 3.73. The van der Waals surface area contributed by atoms with Gasteiger partial charge in [0.2, 0.25) is 0 Å². The van der Waals surface area contributed by atoms with Gasteiger partial charge in [-0.05, 0) is 6.42 Å². The summed E-state index contributed by atoms with van der Waals surface area (Å²) in [5.41, 5.74) is 2.97. The normalized spacial score (nSPS) is 11.4. The van der Waals surface area contributed by atoms with Crippen molar-refractivity contribution in [3.8, 4) is 0 Å². The predicted molar refractivity (Wildman–Crippen MR) is 63.2 cm³/mol. The maximum Gasteiger partial charge on any atom is 0.405 e. The van der Waals surface area contributed by atoms with Crippen molar-refractivity contribution < 1.29 is 13.2 Å². The summed E-state index contributed by atoms with van der Waals surface area (Å²) < 4.78 is 37.1. The summed E-state index contributed by atoms with van der Waals surface area (Å²) in [6.07, 6.45) is -1.77. The highest BCUT2D eigenvalue weighted by molar-refractivity contribution is 5.58. The van der Waals surface area contributed by atoms with Gasteiger partial charge in [-0.2, -0.15) is 13.2 Å². The Kier molecular flexibility index (Phi) is 4.71. The molecule has 0 spiro atoms. The summed E-state index contributed by atoms with van der Waals surface area (Å²) in [5, 5.41) is 0. The molecule has 0 fully saturated rings. The van der Waals surface area contributed by atoms with Gasteiger partial charge in [0.15, 0.2) is 0 Å². The lowest BCUT2D eigenvalue weighted by Crippen LogP contribution is -2.32. The van der Waals surface area contributed by atoms with Gasteiger partial charge in [-0.25, -0.2) is 15.8 Å². The van der Waals surface area contributed by atoms with E-state index in [1.165, 1.54) is 13.4 Å². The molecule has 0 aromatic carbocycles. The molecule has 0 atom stereocenters. The Bertz CT molecular complexity index is 394. The molecule has 0 amide bonds. The molecule has 0 radical (unpaired) electrons. The molecule has 1 rings (SSSR count). The van der Waals surface area contributed by atoms with Crippen LogP contribution in [0.4, 0.5) is 24.8 Å². The summed E-state index contributed by atoms with van der Waals surface area (Å²) >= 11 is 0. The maximum atomic E-state index is 12.4. The molecule has 0 bridgehead atoms. The third-order valence-corrected chi connectivity index (χ3v) is 2.34. The lowest BCUT2D eigenvalue weighted by molar-refractivity contribution is -0.119. The molecule has 1 heterocycles. The van der Waals surface area contributed by atoms with Gasteiger partial charge in [0, 0.05) is 12.6 Å². The van der Waals surface area contributed by atoms with E-state index in [2.05, 4.69) is 15.4 Å². The van der Waals surface area contributed by atoms with Gasteiger partial charge < -0.3 is 10.3 Å². The molecular formula is C10H16F3N5. The van der Waals surface area contributed by atoms with Crippen molar-refractivity contribution >= 4 is 11.6 Å². The van der Waals surface area contributed by atoms with E-state index in [0.29, 0.717) is 17.8 Å². The van der Waals surface area contributed by atoms with Gasteiger partial charge in [-0.3, -0.25) is 0 Å². The van der Waals surface area contributed by atoms with Crippen LogP contribution in [-0.4, -0.2) is 29.7 Å². The van der Waals surface area contributed by atoms with Gasteiger partial charge in [-0.15, -0.1) is 0 Å².